The van der Waals surface area contributed by atoms with Gasteiger partial charge in [-0.15, -0.1) is 11.3 Å². The van der Waals surface area contributed by atoms with Crippen LogP contribution in [0.25, 0.3) is 32.5 Å². The highest BCUT2D eigenvalue weighted by molar-refractivity contribution is 7.92. The van der Waals surface area contributed by atoms with Crippen molar-refractivity contribution in [1.29, 1.82) is 0 Å². The van der Waals surface area contributed by atoms with Gasteiger partial charge in [-0.3, -0.25) is 5.10 Å². The van der Waals surface area contributed by atoms with Crippen molar-refractivity contribution in [3.8, 4) is 11.4 Å². The molecule has 0 radical (unpaired) electrons. The van der Waals surface area contributed by atoms with Gasteiger partial charge in [0.05, 0.1) is 35.1 Å². The highest BCUT2D eigenvalue weighted by atomic mass is 32.2. The Bertz CT molecular complexity index is 1520. The molecule has 3 N–H and O–H groups in total. The van der Waals surface area contributed by atoms with E-state index in [0.29, 0.717) is 68.5 Å². The number of aromatic amines is 1. The van der Waals surface area contributed by atoms with Crippen LogP contribution in [0.2, 0.25) is 0 Å². The Morgan fingerprint density at radius 1 is 1.19 bits per heavy atom. The summed E-state index contributed by atoms with van der Waals surface area (Å²) >= 11 is 1.38. The Morgan fingerprint density at radius 2 is 1.97 bits per heavy atom. The first kappa shape index (κ1) is 23.7. The number of nitrogens with zero attached hydrogens (tertiary/aromatic N) is 4. The number of hydrogen-bond acceptors (Lipinski definition) is 10. The average molecular weight is 529 g/mol. The molecule has 3 aromatic heterocycles. The third-order valence-corrected chi connectivity index (χ3v) is 10.6. The van der Waals surface area contributed by atoms with Crippen LogP contribution in [0.3, 0.4) is 0 Å². The van der Waals surface area contributed by atoms with Crippen molar-refractivity contribution < 1.29 is 18.3 Å². The number of aromatic nitrogens is 4. The van der Waals surface area contributed by atoms with E-state index in [4.69, 9.17) is 14.7 Å². The number of piperidine rings is 1. The largest absolute Gasteiger partial charge is 0.386 e. The fraction of sp³-hybridized carbons (Fsp3) is 0.458. The molecule has 6 rings (SSSR count). The summed E-state index contributed by atoms with van der Waals surface area (Å²) in [5.41, 5.74) is 2.45. The van der Waals surface area contributed by atoms with Gasteiger partial charge in [0.1, 0.15) is 10.9 Å². The van der Waals surface area contributed by atoms with Gasteiger partial charge in [0.15, 0.2) is 21.5 Å². The number of aliphatic hydroxyl groups is 1. The van der Waals surface area contributed by atoms with Gasteiger partial charge in [-0.25, -0.2) is 18.4 Å². The number of hydrogen-bond donors (Lipinski definition) is 3. The number of rotatable bonds is 5. The monoisotopic (exact) mass is 528 g/mol. The van der Waals surface area contributed by atoms with Crippen molar-refractivity contribution in [2.45, 2.75) is 23.7 Å². The molecular weight excluding hydrogens is 500 g/mol. The second-order valence-electron chi connectivity index (χ2n) is 9.46. The van der Waals surface area contributed by atoms with Gasteiger partial charge >= 0.3 is 0 Å². The van der Waals surface area contributed by atoms with Crippen LogP contribution in [0.4, 0.5) is 5.82 Å². The van der Waals surface area contributed by atoms with Crippen LogP contribution in [-0.2, 0) is 14.6 Å². The van der Waals surface area contributed by atoms with E-state index in [-0.39, 0.29) is 0 Å². The predicted molar refractivity (Wildman–Crippen MR) is 140 cm³/mol. The lowest BCUT2D eigenvalue weighted by Crippen LogP contribution is -2.51. The van der Waals surface area contributed by atoms with Crippen LogP contribution in [0.5, 0.6) is 0 Å². The number of aliphatic hydroxyl groups excluding tert-OH is 1. The molecule has 36 heavy (non-hydrogen) atoms. The standard InChI is InChI=1S/C24H28N6O4S2/c1-36(32,33)24(5-7-25-8-6-24)21(31)19-13-18-20(35-19)23(30-9-11-34-12-10-30)28-22(27-18)15-3-2-4-17-16(15)14-26-29-17/h2-4,13-14,21,25,31H,5-12H2,1H3,(H,26,29). The maximum atomic E-state index is 12.9. The number of fused-ring (bicyclic) bond motifs is 2. The van der Waals surface area contributed by atoms with E-state index in [1.165, 1.54) is 17.6 Å². The highest BCUT2D eigenvalue weighted by Gasteiger charge is 2.49. The van der Waals surface area contributed by atoms with Gasteiger partial charge in [-0.2, -0.15) is 5.10 Å². The molecule has 2 aliphatic rings. The summed E-state index contributed by atoms with van der Waals surface area (Å²) in [7, 11) is -3.53. The third kappa shape index (κ3) is 3.88. The zero-order valence-corrected chi connectivity index (χ0v) is 21.5. The molecule has 0 aliphatic carbocycles. The molecule has 1 atom stereocenters. The number of benzene rings is 1. The van der Waals surface area contributed by atoms with Gasteiger partial charge in [-0.05, 0) is 38.1 Å². The molecular formula is C24H28N6O4S2. The first-order valence-corrected chi connectivity index (χ1v) is 14.7. The summed E-state index contributed by atoms with van der Waals surface area (Å²) in [6.45, 7) is 3.68. The smallest absolute Gasteiger partial charge is 0.162 e. The zero-order chi connectivity index (χ0) is 24.9. The summed E-state index contributed by atoms with van der Waals surface area (Å²) in [5, 5.41) is 22.8. The van der Waals surface area contributed by atoms with E-state index >= 15 is 0 Å². The zero-order valence-electron chi connectivity index (χ0n) is 19.9. The summed E-state index contributed by atoms with van der Waals surface area (Å²) in [6.07, 6.45) is 2.57. The molecule has 2 saturated heterocycles. The SMILES string of the molecule is CS(=O)(=O)C1(C(O)c2cc3nc(-c4cccc5[nH]ncc45)nc(N4CCOCC4)c3s2)CCNCC1. The molecule has 1 unspecified atom stereocenters. The molecule has 190 valence electrons. The predicted octanol–water partition coefficient (Wildman–Crippen LogP) is 2.27. The Labute approximate surface area is 212 Å². The van der Waals surface area contributed by atoms with E-state index in [2.05, 4.69) is 20.4 Å². The van der Waals surface area contributed by atoms with Gasteiger partial charge in [0.25, 0.3) is 0 Å². The van der Waals surface area contributed by atoms with E-state index in [9.17, 15) is 13.5 Å². The second kappa shape index (κ2) is 9.03. The molecule has 4 aromatic rings. The summed E-state index contributed by atoms with van der Waals surface area (Å²) < 4.78 is 31.1. The Balaban J connectivity index is 1.52. The summed E-state index contributed by atoms with van der Waals surface area (Å²) in [5.74, 6) is 1.34. The molecule has 0 saturated carbocycles. The molecule has 2 fully saturated rings. The normalized spacial score (nSPS) is 19.7. The van der Waals surface area contributed by atoms with Gasteiger partial charge in [-0.1, -0.05) is 12.1 Å². The Morgan fingerprint density at radius 3 is 2.72 bits per heavy atom. The van der Waals surface area contributed by atoms with Crippen molar-refractivity contribution in [2.24, 2.45) is 0 Å². The van der Waals surface area contributed by atoms with Crippen molar-refractivity contribution >= 4 is 48.1 Å². The van der Waals surface area contributed by atoms with Gasteiger partial charge in [0, 0.05) is 35.2 Å². The molecule has 10 nitrogen and oxygen atoms in total. The second-order valence-corrected chi connectivity index (χ2v) is 12.9. The number of thiophene rings is 1. The fourth-order valence-electron chi connectivity index (χ4n) is 5.30. The number of morpholine rings is 1. The molecule has 0 spiro atoms. The van der Waals surface area contributed by atoms with Gasteiger partial charge in [0.2, 0.25) is 0 Å². The topological polar surface area (TPSA) is 133 Å². The maximum Gasteiger partial charge on any atom is 0.162 e. The van der Waals surface area contributed by atoms with E-state index in [1.807, 2.05) is 24.3 Å². The molecule has 2 aliphatic heterocycles. The maximum absolute atomic E-state index is 12.9. The first-order chi connectivity index (χ1) is 17.4. The number of nitrogens with one attached hydrogen (secondary N) is 2. The van der Waals surface area contributed by atoms with E-state index < -0.39 is 20.7 Å². The van der Waals surface area contributed by atoms with Crippen molar-refractivity contribution in [2.75, 3.05) is 50.5 Å². The van der Waals surface area contributed by atoms with Crippen LogP contribution in [0.15, 0.2) is 30.5 Å². The molecule has 1 aromatic carbocycles. The lowest BCUT2D eigenvalue weighted by Gasteiger charge is -2.39. The van der Waals surface area contributed by atoms with E-state index in [0.717, 1.165) is 27.0 Å². The van der Waals surface area contributed by atoms with Crippen molar-refractivity contribution in [3.63, 3.8) is 0 Å². The van der Waals surface area contributed by atoms with Crippen molar-refractivity contribution in [3.05, 3.63) is 35.3 Å². The minimum absolute atomic E-state index is 0.358. The number of anilines is 1. The average Bonchev–Trinajstić information content (AvgIpc) is 3.55. The first-order valence-electron chi connectivity index (χ1n) is 12.0. The highest BCUT2D eigenvalue weighted by Crippen LogP contribution is 2.45. The lowest BCUT2D eigenvalue weighted by molar-refractivity contribution is 0.108. The van der Waals surface area contributed by atoms with E-state index in [1.54, 1.807) is 6.20 Å². The third-order valence-electron chi connectivity index (χ3n) is 7.37. The van der Waals surface area contributed by atoms with Crippen LogP contribution >= 0.6 is 11.3 Å². The minimum Gasteiger partial charge on any atom is -0.386 e. The Hall–Kier alpha value is -2.64. The summed E-state index contributed by atoms with van der Waals surface area (Å²) in [4.78, 5) is 12.7. The molecule has 0 amide bonds. The quantitative estimate of drug-likeness (QED) is 0.357. The van der Waals surface area contributed by atoms with Crippen LogP contribution < -0.4 is 10.2 Å². The Kier molecular flexibility index (Phi) is 5.96. The molecule has 0 bridgehead atoms. The minimum atomic E-state index is -3.53. The fourth-order valence-corrected chi connectivity index (χ4v) is 8.07. The summed E-state index contributed by atoms with van der Waals surface area (Å²) in [6, 6.07) is 7.70. The van der Waals surface area contributed by atoms with Crippen LogP contribution in [-0.4, -0.2) is 84.1 Å². The molecule has 5 heterocycles. The van der Waals surface area contributed by atoms with Crippen LogP contribution in [0, 0.1) is 0 Å². The van der Waals surface area contributed by atoms with Gasteiger partial charge < -0.3 is 20.1 Å². The number of H-pyrrole nitrogens is 1. The molecule has 12 heteroatoms. The lowest BCUT2D eigenvalue weighted by atomic mass is 9.90. The van der Waals surface area contributed by atoms with Crippen LogP contribution in [0.1, 0.15) is 23.8 Å². The van der Waals surface area contributed by atoms with Crippen molar-refractivity contribution in [1.82, 2.24) is 25.5 Å². The number of sulfone groups is 1. The number of ether oxygens (including phenoxy) is 1.